The summed E-state index contributed by atoms with van der Waals surface area (Å²) < 4.78 is 6.21. The molecule has 0 aromatic carbocycles. The minimum absolute atomic E-state index is 0.572. The molecule has 1 heteroatoms. The number of hydrogen-bond donors (Lipinski definition) is 0. The van der Waals surface area contributed by atoms with Crippen molar-refractivity contribution in [3.63, 3.8) is 0 Å². The zero-order valence-electron chi connectivity index (χ0n) is 20.3. The van der Waals surface area contributed by atoms with Crippen molar-refractivity contribution in [1.29, 1.82) is 0 Å². The summed E-state index contributed by atoms with van der Waals surface area (Å²) in [5, 5.41) is 0. The summed E-state index contributed by atoms with van der Waals surface area (Å²) in [6, 6.07) is 0. The molecule has 0 bridgehead atoms. The highest BCUT2D eigenvalue weighted by Crippen LogP contribution is 2.70. The Kier molecular flexibility index (Phi) is 5.21. The molecule has 0 aromatic heterocycles. The summed E-state index contributed by atoms with van der Waals surface area (Å²) in [5.74, 6) is 7.49. The van der Waals surface area contributed by atoms with Crippen molar-refractivity contribution in [2.24, 2.45) is 58.2 Å². The first kappa shape index (κ1) is 20.8. The second-order valence-electron chi connectivity index (χ2n) is 13.3. The Balaban J connectivity index is 1.31. The predicted octanol–water partition coefficient (Wildman–Crippen LogP) is 7.73. The van der Waals surface area contributed by atoms with Gasteiger partial charge in [-0.05, 0) is 103 Å². The number of ether oxygens (including phenoxy) is 1. The molecule has 0 amide bonds. The van der Waals surface area contributed by atoms with Crippen molar-refractivity contribution >= 4 is 0 Å². The molecule has 1 saturated heterocycles. The predicted molar refractivity (Wildman–Crippen MR) is 122 cm³/mol. The van der Waals surface area contributed by atoms with E-state index >= 15 is 0 Å². The van der Waals surface area contributed by atoms with Crippen LogP contribution in [0.15, 0.2) is 0 Å². The maximum Gasteiger partial charge on any atom is 0.0878 e. The first-order valence-corrected chi connectivity index (χ1v) is 13.4. The minimum Gasteiger partial charge on any atom is -0.369 e. The van der Waals surface area contributed by atoms with Crippen LogP contribution in [0, 0.1) is 58.2 Å². The molecule has 5 rings (SSSR count). The van der Waals surface area contributed by atoms with Gasteiger partial charge in [-0.15, -0.1) is 0 Å². The van der Waals surface area contributed by atoms with E-state index in [0.29, 0.717) is 23.0 Å². The lowest BCUT2D eigenvalue weighted by atomic mass is 9.44. The average Bonchev–Trinajstić information content (AvgIpc) is 3.36. The van der Waals surface area contributed by atoms with E-state index in [2.05, 4.69) is 41.5 Å². The van der Waals surface area contributed by atoms with E-state index in [4.69, 9.17) is 4.74 Å². The van der Waals surface area contributed by atoms with E-state index in [1.54, 1.807) is 0 Å². The molecule has 1 nitrogen and oxygen atoms in total. The minimum atomic E-state index is 0.572. The Bertz CT molecular complexity index is 611. The van der Waals surface area contributed by atoms with E-state index in [1.165, 1.54) is 64.2 Å². The molecule has 0 N–H and O–H groups in total. The lowest BCUT2D eigenvalue weighted by Gasteiger charge is -2.60. The standard InChI is InChI=1S/C28H48O/c1-17(2)8-7-9-18(3)21-12-13-22-20-10-11-24-26-25(29-26)19(4)16-28(24,6)23(20)14-15-27(21,22)5/h17-26H,7-16H2,1-6H3. The molecule has 0 radical (unpaired) electrons. The lowest BCUT2D eigenvalue weighted by Crippen LogP contribution is -2.55. The van der Waals surface area contributed by atoms with E-state index in [-0.39, 0.29) is 0 Å². The fourth-order valence-electron chi connectivity index (χ4n) is 10.1. The van der Waals surface area contributed by atoms with Gasteiger partial charge in [0.15, 0.2) is 0 Å². The molecule has 1 aliphatic heterocycles. The maximum absolute atomic E-state index is 6.21. The van der Waals surface area contributed by atoms with Gasteiger partial charge in [0.1, 0.15) is 0 Å². The molecule has 1 heterocycles. The Morgan fingerprint density at radius 1 is 0.828 bits per heavy atom. The third-order valence-electron chi connectivity index (χ3n) is 11.4. The summed E-state index contributed by atoms with van der Waals surface area (Å²) in [7, 11) is 0. The first-order valence-electron chi connectivity index (χ1n) is 13.4. The van der Waals surface area contributed by atoms with Crippen molar-refractivity contribution in [2.75, 3.05) is 0 Å². The third kappa shape index (κ3) is 3.18. The monoisotopic (exact) mass is 400 g/mol. The molecular weight excluding hydrogens is 352 g/mol. The van der Waals surface area contributed by atoms with E-state index in [0.717, 1.165) is 47.3 Å². The van der Waals surface area contributed by atoms with Crippen molar-refractivity contribution in [1.82, 2.24) is 0 Å². The molecule has 11 unspecified atom stereocenters. The van der Waals surface area contributed by atoms with Crippen molar-refractivity contribution < 1.29 is 4.74 Å². The SMILES string of the molecule is CC(C)CCCC(C)C1CCC2C3CCC4C5OC5C(C)CC4(C)C3CCC12C. The molecule has 4 aliphatic carbocycles. The maximum atomic E-state index is 6.21. The van der Waals surface area contributed by atoms with Gasteiger partial charge < -0.3 is 4.74 Å². The summed E-state index contributed by atoms with van der Waals surface area (Å²) in [4.78, 5) is 0. The highest BCUT2D eigenvalue weighted by molar-refractivity contribution is 5.14. The number of hydrogen-bond acceptors (Lipinski definition) is 1. The van der Waals surface area contributed by atoms with Crippen molar-refractivity contribution in [2.45, 2.75) is 118 Å². The van der Waals surface area contributed by atoms with Crippen molar-refractivity contribution in [3.05, 3.63) is 0 Å². The molecule has 166 valence electrons. The Hall–Kier alpha value is -0.0400. The Labute approximate surface area is 181 Å². The number of rotatable bonds is 5. The van der Waals surface area contributed by atoms with Gasteiger partial charge in [-0.3, -0.25) is 0 Å². The highest BCUT2D eigenvalue weighted by Gasteiger charge is 2.66. The average molecular weight is 401 g/mol. The highest BCUT2D eigenvalue weighted by atomic mass is 16.6. The van der Waals surface area contributed by atoms with Crippen LogP contribution in [0.25, 0.3) is 0 Å². The number of epoxide rings is 1. The lowest BCUT2D eigenvalue weighted by molar-refractivity contribution is -0.117. The second-order valence-corrected chi connectivity index (χ2v) is 13.3. The smallest absolute Gasteiger partial charge is 0.0878 e. The van der Waals surface area contributed by atoms with Gasteiger partial charge in [0.2, 0.25) is 0 Å². The summed E-state index contributed by atoms with van der Waals surface area (Å²) in [6.45, 7) is 15.3. The second kappa shape index (κ2) is 7.25. The molecule has 4 saturated carbocycles. The first-order chi connectivity index (χ1) is 13.8. The van der Waals surface area contributed by atoms with Crippen LogP contribution in [0.2, 0.25) is 0 Å². The molecule has 11 atom stereocenters. The van der Waals surface area contributed by atoms with Crippen LogP contribution in [0.4, 0.5) is 0 Å². The molecular formula is C28H48O. The van der Waals surface area contributed by atoms with Crippen LogP contribution in [0.1, 0.15) is 106 Å². The Morgan fingerprint density at radius 3 is 2.31 bits per heavy atom. The van der Waals surface area contributed by atoms with Crippen LogP contribution in [0.3, 0.4) is 0 Å². The zero-order valence-corrected chi connectivity index (χ0v) is 20.3. The van der Waals surface area contributed by atoms with Gasteiger partial charge in [-0.2, -0.15) is 0 Å². The van der Waals surface area contributed by atoms with E-state index < -0.39 is 0 Å². The van der Waals surface area contributed by atoms with Gasteiger partial charge in [0, 0.05) is 0 Å². The van der Waals surface area contributed by atoms with Crippen LogP contribution in [-0.4, -0.2) is 12.2 Å². The van der Waals surface area contributed by atoms with Crippen LogP contribution >= 0.6 is 0 Å². The quantitative estimate of drug-likeness (QED) is 0.430. The fourth-order valence-corrected chi connectivity index (χ4v) is 10.1. The fraction of sp³-hybridized carbons (Fsp3) is 1.00. The number of fused-ring (bicyclic) bond motifs is 7. The van der Waals surface area contributed by atoms with Gasteiger partial charge in [-0.25, -0.2) is 0 Å². The molecule has 5 aliphatic rings. The normalized spacial score (nSPS) is 54.3. The Morgan fingerprint density at radius 2 is 1.55 bits per heavy atom. The van der Waals surface area contributed by atoms with E-state index in [1.807, 2.05) is 0 Å². The molecule has 0 aromatic rings. The van der Waals surface area contributed by atoms with E-state index in [9.17, 15) is 0 Å². The molecule has 0 spiro atoms. The summed E-state index contributed by atoms with van der Waals surface area (Å²) in [6.07, 6.45) is 16.1. The van der Waals surface area contributed by atoms with Gasteiger partial charge >= 0.3 is 0 Å². The van der Waals surface area contributed by atoms with Gasteiger partial charge in [0.05, 0.1) is 12.2 Å². The summed E-state index contributed by atoms with van der Waals surface area (Å²) >= 11 is 0. The van der Waals surface area contributed by atoms with Crippen LogP contribution in [0.5, 0.6) is 0 Å². The van der Waals surface area contributed by atoms with Gasteiger partial charge in [0.25, 0.3) is 0 Å². The van der Waals surface area contributed by atoms with Crippen LogP contribution in [-0.2, 0) is 4.74 Å². The van der Waals surface area contributed by atoms with Crippen LogP contribution < -0.4 is 0 Å². The third-order valence-corrected chi connectivity index (χ3v) is 11.4. The molecule has 29 heavy (non-hydrogen) atoms. The zero-order chi connectivity index (χ0) is 20.6. The molecule has 5 fully saturated rings. The largest absolute Gasteiger partial charge is 0.369 e. The topological polar surface area (TPSA) is 12.5 Å². The van der Waals surface area contributed by atoms with Crippen molar-refractivity contribution in [3.8, 4) is 0 Å². The van der Waals surface area contributed by atoms with Gasteiger partial charge in [-0.1, -0.05) is 60.8 Å². The summed E-state index contributed by atoms with van der Waals surface area (Å²) in [5.41, 5.74) is 1.21.